The Kier molecular flexibility index (Phi) is 4.48. The van der Waals surface area contributed by atoms with Gasteiger partial charge in [0.25, 0.3) is 0 Å². The van der Waals surface area contributed by atoms with Crippen molar-refractivity contribution in [2.45, 2.75) is 32.4 Å². The van der Waals surface area contributed by atoms with Gasteiger partial charge in [0.2, 0.25) is 5.91 Å². The zero-order chi connectivity index (χ0) is 15.5. The number of carbonyl (C=O) groups excluding carboxylic acids is 1. The first kappa shape index (κ1) is 15.3. The molecule has 2 rings (SSSR count). The second-order valence-electron chi connectivity index (χ2n) is 5.99. The summed E-state index contributed by atoms with van der Waals surface area (Å²) >= 11 is 0. The molecule has 0 saturated heterocycles. The number of nitrogens with one attached hydrogen (secondary N) is 1. The Hall–Kier alpha value is -2.07. The van der Waals surface area contributed by atoms with Crippen molar-refractivity contribution in [3.8, 4) is 5.75 Å². The van der Waals surface area contributed by atoms with Crippen LogP contribution in [0.5, 0.6) is 5.75 Å². The number of hydrogen-bond donors (Lipinski definition) is 2. The normalized spacial score (nSPS) is 11.4. The van der Waals surface area contributed by atoms with E-state index >= 15 is 0 Å². The Bertz CT molecular complexity index is 645. The summed E-state index contributed by atoms with van der Waals surface area (Å²) in [5.74, 6) is 0.811. The minimum Gasteiger partial charge on any atom is -0.497 e. The molecule has 112 valence electrons. The van der Waals surface area contributed by atoms with Gasteiger partial charge < -0.3 is 15.8 Å². The molecule has 0 bridgehead atoms. The van der Waals surface area contributed by atoms with E-state index in [0.717, 1.165) is 22.1 Å². The number of fused-ring (bicyclic) bond motifs is 1. The van der Waals surface area contributed by atoms with Crippen molar-refractivity contribution >= 4 is 16.7 Å². The second-order valence-corrected chi connectivity index (χ2v) is 5.99. The fourth-order valence-corrected chi connectivity index (χ4v) is 2.19. The highest BCUT2D eigenvalue weighted by molar-refractivity contribution is 5.84. The van der Waals surface area contributed by atoms with Crippen molar-refractivity contribution in [2.75, 3.05) is 7.11 Å². The summed E-state index contributed by atoms with van der Waals surface area (Å²) < 4.78 is 5.21. The van der Waals surface area contributed by atoms with Gasteiger partial charge in [0.1, 0.15) is 5.75 Å². The molecule has 0 fully saturated rings. The van der Waals surface area contributed by atoms with E-state index in [1.165, 1.54) is 0 Å². The largest absolute Gasteiger partial charge is 0.497 e. The van der Waals surface area contributed by atoms with E-state index in [2.05, 4.69) is 11.4 Å². The van der Waals surface area contributed by atoms with E-state index in [9.17, 15) is 4.79 Å². The predicted molar refractivity (Wildman–Crippen MR) is 85.2 cm³/mol. The molecule has 21 heavy (non-hydrogen) atoms. The number of hydrogen-bond acceptors (Lipinski definition) is 3. The van der Waals surface area contributed by atoms with Gasteiger partial charge in [0.15, 0.2) is 0 Å². The van der Waals surface area contributed by atoms with Crippen LogP contribution in [0.3, 0.4) is 0 Å². The van der Waals surface area contributed by atoms with Crippen LogP contribution in [0.4, 0.5) is 0 Å². The predicted octanol–water partition coefficient (Wildman–Crippen LogP) is 2.59. The lowest BCUT2D eigenvalue weighted by Crippen LogP contribution is -2.38. The van der Waals surface area contributed by atoms with E-state index in [1.54, 1.807) is 7.11 Å². The lowest BCUT2D eigenvalue weighted by molar-refractivity contribution is -0.122. The van der Waals surface area contributed by atoms with Gasteiger partial charge in [-0.1, -0.05) is 18.2 Å². The van der Waals surface area contributed by atoms with Gasteiger partial charge in [-0.2, -0.15) is 0 Å². The Morgan fingerprint density at radius 3 is 2.52 bits per heavy atom. The van der Waals surface area contributed by atoms with Gasteiger partial charge in [-0.25, -0.2) is 0 Å². The van der Waals surface area contributed by atoms with Crippen molar-refractivity contribution in [3.63, 3.8) is 0 Å². The standard InChI is InChI=1S/C17H22N2O2/c1-17(2,18)10-16(20)19-11-12-4-5-14-9-15(21-3)7-6-13(14)8-12/h4-9H,10-11,18H2,1-3H3,(H,19,20). The molecule has 0 unspecified atom stereocenters. The first-order valence-electron chi connectivity index (χ1n) is 7.00. The Labute approximate surface area is 125 Å². The van der Waals surface area contributed by atoms with Gasteiger partial charge in [0.05, 0.1) is 7.11 Å². The number of rotatable bonds is 5. The number of methoxy groups -OCH3 is 1. The maximum absolute atomic E-state index is 11.8. The molecular weight excluding hydrogens is 264 g/mol. The minimum atomic E-state index is -0.482. The summed E-state index contributed by atoms with van der Waals surface area (Å²) in [5, 5.41) is 5.14. The van der Waals surface area contributed by atoms with E-state index in [-0.39, 0.29) is 5.91 Å². The van der Waals surface area contributed by atoms with Gasteiger partial charge >= 0.3 is 0 Å². The molecule has 0 aliphatic carbocycles. The monoisotopic (exact) mass is 286 g/mol. The molecule has 0 saturated carbocycles. The Balaban J connectivity index is 2.04. The van der Waals surface area contributed by atoms with E-state index in [1.807, 2.05) is 44.2 Å². The SMILES string of the molecule is COc1ccc2cc(CNC(=O)CC(C)(C)N)ccc2c1. The molecular formula is C17H22N2O2. The molecule has 2 aromatic carbocycles. The van der Waals surface area contributed by atoms with Crippen LogP contribution in [0.25, 0.3) is 10.8 Å². The quantitative estimate of drug-likeness (QED) is 0.888. The van der Waals surface area contributed by atoms with Crippen molar-refractivity contribution < 1.29 is 9.53 Å². The summed E-state index contributed by atoms with van der Waals surface area (Å²) in [6, 6.07) is 12.1. The summed E-state index contributed by atoms with van der Waals surface area (Å²) in [6.07, 6.45) is 0.317. The summed E-state index contributed by atoms with van der Waals surface area (Å²) in [6.45, 7) is 4.20. The highest BCUT2D eigenvalue weighted by atomic mass is 16.5. The third kappa shape index (κ3) is 4.46. The third-order valence-electron chi connectivity index (χ3n) is 3.22. The number of benzene rings is 2. The van der Waals surface area contributed by atoms with E-state index in [4.69, 9.17) is 10.5 Å². The maximum atomic E-state index is 11.8. The summed E-state index contributed by atoms with van der Waals surface area (Å²) in [4.78, 5) is 11.8. The zero-order valence-electron chi connectivity index (χ0n) is 12.8. The molecule has 0 spiro atoms. The number of nitrogens with two attached hydrogens (primary N) is 1. The van der Waals surface area contributed by atoms with Crippen molar-refractivity contribution in [1.29, 1.82) is 0 Å². The minimum absolute atomic E-state index is 0.0303. The lowest BCUT2D eigenvalue weighted by Gasteiger charge is -2.17. The van der Waals surface area contributed by atoms with Gasteiger partial charge in [-0.15, -0.1) is 0 Å². The smallest absolute Gasteiger partial charge is 0.222 e. The average Bonchev–Trinajstić information content (AvgIpc) is 2.42. The van der Waals surface area contributed by atoms with Gasteiger partial charge in [-0.05, 0) is 48.4 Å². The molecule has 0 atom stereocenters. The van der Waals surface area contributed by atoms with Gasteiger partial charge in [0, 0.05) is 18.5 Å². The van der Waals surface area contributed by atoms with E-state index < -0.39 is 5.54 Å². The van der Waals surface area contributed by atoms with Crippen LogP contribution in [0.1, 0.15) is 25.8 Å². The molecule has 0 aliphatic heterocycles. The highest BCUT2D eigenvalue weighted by Gasteiger charge is 2.15. The third-order valence-corrected chi connectivity index (χ3v) is 3.22. The van der Waals surface area contributed by atoms with Crippen LogP contribution >= 0.6 is 0 Å². The number of carbonyl (C=O) groups is 1. The fourth-order valence-electron chi connectivity index (χ4n) is 2.19. The van der Waals surface area contributed by atoms with Crippen LogP contribution < -0.4 is 15.8 Å². The molecule has 2 aromatic rings. The topological polar surface area (TPSA) is 64.3 Å². The fraction of sp³-hybridized carbons (Fsp3) is 0.353. The lowest BCUT2D eigenvalue weighted by atomic mass is 10.0. The maximum Gasteiger partial charge on any atom is 0.222 e. The molecule has 0 aromatic heterocycles. The molecule has 0 aliphatic rings. The first-order valence-corrected chi connectivity index (χ1v) is 7.00. The molecule has 0 radical (unpaired) electrons. The van der Waals surface area contributed by atoms with Crippen molar-refractivity contribution in [1.82, 2.24) is 5.32 Å². The number of amides is 1. The first-order chi connectivity index (χ1) is 9.87. The van der Waals surface area contributed by atoms with Crippen molar-refractivity contribution in [3.05, 3.63) is 42.0 Å². The second kappa shape index (κ2) is 6.14. The van der Waals surface area contributed by atoms with Crippen molar-refractivity contribution in [2.24, 2.45) is 5.73 Å². The highest BCUT2D eigenvalue weighted by Crippen LogP contribution is 2.21. The zero-order valence-corrected chi connectivity index (χ0v) is 12.8. The van der Waals surface area contributed by atoms with Crippen LogP contribution in [0.2, 0.25) is 0 Å². The molecule has 3 N–H and O–H groups in total. The van der Waals surface area contributed by atoms with Crippen LogP contribution in [-0.2, 0) is 11.3 Å². The van der Waals surface area contributed by atoms with E-state index in [0.29, 0.717) is 13.0 Å². The molecule has 0 heterocycles. The van der Waals surface area contributed by atoms with Crippen LogP contribution in [0, 0.1) is 0 Å². The summed E-state index contributed by atoms with van der Waals surface area (Å²) in [5.41, 5.74) is 6.42. The number of ether oxygens (including phenoxy) is 1. The van der Waals surface area contributed by atoms with Gasteiger partial charge in [-0.3, -0.25) is 4.79 Å². The summed E-state index contributed by atoms with van der Waals surface area (Å²) in [7, 11) is 1.66. The van der Waals surface area contributed by atoms with Crippen LogP contribution in [-0.4, -0.2) is 18.6 Å². The van der Waals surface area contributed by atoms with Crippen LogP contribution in [0.15, 0.2) is 36.4 Å². The molecule has 4 heteroatoms. The Morgan fingerprint density at radius 1 is 1.19 bits per heavy atom. The Morgan fingerprint density at radius 2 is 1.86 bits per heavy atom. The average molecular weight is 286 g/mol. The molecule has 1 amide bonds. The molecule has 4 nitrogen and oxygen atoms in total.